The Morgan fingerprint density at radius 3 is 1.96 bits per heavy atom. The Morgan fingerprint density at radius 1 is 0.800 bits per heavy atom. The van der Waals surface area contributed by atoms with Gasteiger partial charge in [-0.15, -0.1) is 0 Å². The first-order valence-electron chi connectivity index (χ1n) is 12.8. The van der Waals surface area contributed by atoms with Gasteiger partial charge in [-0.1, -0.05) is 19.1 Å². The van der Waals surface area contributed by atoms with Crippen molar-refractivity contribution in [3.05, 3.63) is 93.0 Å². The van der Waals surface area contributed by atoms with Gasteiger partial charge in [0.25, 0.3) is 17.4 Å². The molecule has 3 rings (SSSR count). The number of nitrogens with one attached hydrogen (secondary N) is 2. The van der Waals surface area contributed by atoms with Gasteiger partial charge in [0.2, 0.25) is 0 Å². The number of amides is 2. The summed E-state index contributed by atoms with van der Waals surface area (Å²) in [6.45, 7) is 3.93. The molecule has 0 aliphatic rings. The Labute approximate surface area is 250 Å². The summed E-state index contributed by atoms with van der Waals surface area (Å²) in [6.07, 6.45) is -13.5. The number of hydrogen-bond acceptors (Lipinski definition) is 5. The second kappa shape index (κ2) is 12.2. The lowest BCUT2D eigenvalue weighted by Gasteiger charge is -2.38. The normalized spacial score (nSPS) is 13.3. The quantitative estimate of drug-likeness (QED) is 0.239. The molecule has 3 N–H and O–H groups in total. The van der Waals surface area contributed by atoms with E-state index in [9.17, 15) is 55.1 Å². The van der Waals surface area contributed by atoms with E-state index in [1.807, 2.05) is 12.1 Å². The summed E-state index contributed by atoms with van der Waals surface area (Å²) in [6, 6.07) is 12.1. The van der Waals surface area contributed by atoms with Crippen LogP contribution in [-0.4, -0.2) is 35.2 Å². The van der Waals surface area contributed by atoms with E-state index in [0.717, 1.165) is 13.0 Å². The Balaban J connectivity index is 2.02. The summed E-state index contributed by atoms with van der Waals surface area (Å²) in [5.74, 6) is -8.26. The van der Waals surface area contributed by atoms with E-state index in [1.165, 1.54) is 37.3 Å². The molecule has 45 heavy (non-hydrogen) atoms. The predicted molar refractivity (Wildman–Crippen MR) is 144 cm³/mol. The third kappa shape index (κ3) is 6.30. The summed E-state index contributed by atoms with van der Waals surface area (Å²) in [7, 11) is 0. The van der Waals surface area contributed by atoms with E-state index in [0.29, 0.717) is 17.2 Å². The lowest BCUT2D eigenvalue weighted by molar-refractivity contribution is -0.409. The number of rotatable bonds is 7. The van der Waals surface area contributed by atoms with Crippen LogP contribution < -0.4 is 10.6 Å². The maximum absolute atomic E-state index is 14.2. The molecule has 236 valence electrons. The number of aliphatic hydroxyl groups is 1. The van der Waals surface area contributed by atoms with Crippen molar-refractivity contribution >= 4 is 23.2 Å². The van der Waals surface area contributed by atoms with E-state index in [2.05, 4.69) is 10.6 Å². The zero-order valence-electron chi connectivity index (χ0n) is 23.5. The van der Waals surface area contributed by atoms with Gasteiger partial charge in [-0.3, -0.25) is 9.59 Å². The fourth-order valence-corrected chi connectivity index (χ4v) is 4.50. The Morgan fingerprint density at radius 2 is 1.44 bits per heavy atom. The summed E-state index contributed by atoms with van der Waals surface area (Å²) in [5, 5.41) is 33.4. The number of hydrogen-bond donors (Lipinski definition) is 3. The SMILES string of the molecule is CCc1cc(C(O)(C(F)(F)F)C(F)(F)C(F)(F)F)cc(C)c1NC(=O)c1ccc(C#N)c(NC(=O)c2ccc(C#N)cc2C)c1. The van der Waals surface area contributed by atoms with Crippen LogP contribution in [0.25, 0.3) is 0 Å². The van der Waals surface area contributed by atoms with Gasteiger partial charge in [0.05, 0.1) is 22.9 Å². The van der Waals surface area contributed by atoms with Crippen molar-refractivity contribution in [2.24, 2.45) is 0 Å². The molecule has 7 nitrogen and oxygen atoms in total. The summed E-state index contributed by atoms with van der Waals surface area (Å²) in [4.78, 5) is 26.1. The molecule has 15 heteroatoms. The molecule has 0 aromatic heterocycles. The van der Waals surface area contributed by atoms with Gasteiger partial charge in [0, 0.05) is 22.4 Å². The number of halogens is 8. The van der Waals surface area contributed by atoms with Crippen LogP contribution in [0.1, 0.15) is 61.0 Å². The fourth-order valence-electron chi connectivity index (χ4n) is 4.50. The van der Waals surface area contributed by atoms with Crippen molar-refractivity contribution in [3.63, 3.8) is 0 Å². The van der Waals surface area contributed by atoms with Crippen molar-refractivity contribution in [3.8, 4) is 12.1 Å². The molecular weight excluding hydrogens is 616 g/mol. The first-order chi connectivity index (χ1) is 20.7. The first-order valence-corrected chi connectivity index (χ1v) is 12.8. The van der Waals surface area contributed by atoms with Gasteiger partial charge < -0.3 is 15.7 Å². The van der Waals surface area contributed by atoms with Crippen molar-refractivity contribution < 1.29 is 49.8 Å². The van der Waals surface area contributed by atoms with Gasteiger partial charge in [0.15, 0.2) is 0 Å². The highest BCUT2D eigenvalue weighted by Gasteiger charge is 2.80. The minimum atomic E-state index is -6.77. The second-order valence-corrected chi connectivity index (χ2v) is 9.88. The Kier molecular flexibility index (Phi) is 9.32. The summed E-state index contributed by atoms with van der Waals surface area (Å²) in [5.41, 5.74) is -7.79. The van der Waals surface area contributed by atoms with Crippen LogP contribution in [0.3, 0.4) is 0 Å². The van der Waals surface area contributed by atoms with Crippen molar-refractivity contribution in [2.75, 3.05) is 10.6 Å². The largest absolute Gasteiger partial charge is 0.457 e. The van der Waals surface area contributed by atoms with E-state index < -0.39 is 41.3 Å². The number of anilines is 2. The zero-order chi connectivity index (χ0) is 34.1. The van der Waals surface area contributed by atoms with E-state index in [-0.39, 0.29) is 51.7 Å². The lowest BCUT2D eigenvalue weighted by Crippen LogP contribution is -2.62. The van der Waals surface area contributed by atoms with Crippen molar-refractivity contribution in [2.45, 2.75) is 51.1 Å². The van der Waals surface area contributed by atoms with Crippen LogP contribution in [0.5, 0.6) is 0 Å². The second-order valence-electron chi connectivity index (χ2n) is 9.88. The van der Waals surface area contributed by atoms with Crippen LogP contribution >= 0.6 is 0 Å². The van der Waals surface area contributed by atoms with Gasteiger partial charge in [-0.25, -0.2) is 0 Å². The lowest BCUT2D eigenvalue weighted by atomic mass is 9.83. The number of benzene rings is 3. The van der Waals surface area contributed by atoms with Crippen molar-refractivity contribution in [1.82, 2.24) is 0 Å². The third-order valence-corrected chi connectivity index (χ3v) is 6.93. The topological polar surface area (TPSA) is 126 Å². The fraction of sp³-hybridized carbons (Fsp3) is 0.267. The molecule has 0 spiro atoms. The van der Waals surface area contributed by atoms with Crippen LogP contribution in [0.4, 0.5) is 46.5 Å². The monoisotopic (exact) mass is 638 g/mol. The zero-order valence-corrected chi connectivity index (χ0v) is 23.5. The minimum Gasteiger partial charge on any atom is -0.371 e. The minimum absolute atomic E-state index is 0.0574. The van der Waals surface area contributed by atoms with Crippen LogP contribution in [0.2, 0.25) is 0 Å². The molecule has 3 aromatic carbocycles. The standard InChI is InChI=1S/C30H22F8N4O3/c1-4-18-11-21(27(45,29(33,34)35)28(31,32)30(36,37)38)10-16(3)24(18)42-25(43)19-6-7-20(14-40)23(12-19)41-26(44)22-8-5-17(13-39)9-15(22)2/h5-12,45H,4H2,1-3H3,(H,41,44)(H,42,43). The van der Waals surface area contributed by atoms with E-state index >= 15 is 0 Å². The smallest absolute Gasteiger partial charge is 0.371 e. The maximum Gasteiger partial charge on any atom is 0.457 e. The molecular formula is C30H22F8N4O3. The molecule has 0 bridgehead atoms. The number of nitrogens with zero attached hydrogens (tertiary/aromatic N) is 2. The Hall–Kier alpha value is -5.02. The number of aryl methyl sites for hydroxylation is 3. The molecule has 0 saturated carbocycles. The number of carbonyl (C=O) groups excluding carboxylic acids is 2. The first kappa shape index (κ1) is 34.5. The van der Waals surface area contributed by atoms with Gasteiger partial charge in [0.1, 0.15) is 6.07 Å². The molecule has 0 saturated heterocycles. The molecule has 0 radical (unpaired) electrons. The molecule has 0 heterocycles. The molecule has 1 unspecified atom stereocenters. The van der Waals surface area contributed by atoms with Crippen LogP contribution in [0, 0.1) is 36.5 Å². The average Bonchev–Trinajstić information content (AvgIpc) is 2.95. The number of alkyl halides is 8. The van der Waals surface area contributed by atoms with E-state index in [4.69, 9.17) is 5.26 Å². The van der Waals surface area contributed by atoms with Crippen LogP contribution in [0.15, 0.2) is 48.5 Å². The van der Waals surface area contributed by atoms with Gasteiger partial charge in [-0.2, -0.15) is 45.6 Å². The van der Waals surface area contributed by atoms with Gasteiger partial charge >= 0.3 is 18.3 Å². The summed E-state index contributed by atoms with van der Waals surface area (Å²) < 4.78 is 109. The highest BCUT2D eigenvalue weighted by atomic mass is 19.4. The molecule has 0 aliphatic carbocycles. The molecule has 2 amide bonds. The number of nitriles is 2. The molecule has 0 fully saturated rings. The molecule has 3 aromatic rings. The van der Waals surface area contributed by atoms with Crippen molar-refractivity contribution in [1.29, 1.82) is 10.5 Å². The summed E-state index contributed by atoms with van der Waals surface area (Å²) >= 11 is 0. The average molecular weight is 639 g/mol. The Bertz CT molecular complexity index is 1750. The van der Waals surface area contributed by atoms with Gasteiger partial charge in [-0.05, 0) is 73.4 Å². The third-order valence-electron chi connectivity index (χ3n) is 6.93. The highest BCUT2D eigenvalue weighted by molar-refractivity contribution is 6.09. The van der Waals surface area contributed by atoms with E-state index in [1.54, 1.807) is 6.92 Å². The van der Waals surface area contributed by atoms with Crippen LogP contribution in [-0.2, 0) is 12.0 Å². The molecule has 0 aliphatic heterocycles. The predicted octanol–water partition coefficient (Wildman–Crippen LogP) is 7.06. The maximum atomic E-state index is 14.2. The number of carbonyl (C=O) groups is 2. The molecule has 1 atom stereocenters. The highest BCUT2D eigenvalue weighted by Crippen LogP contribution is 2.56.